The summed E-state index contributed by atoms with van der Waals surface area (Å²) >= 11 is 0. The zero-order chi connectivity index (χ0) is 12.7. The fraction of sp³-hybridized carbons (Fsp3) is 0.286. The monoisotopic (exact) mass is 236 g/mol. The van der Waals surface area contributed by atoms with Crippen LogP contribution in [0.5, 0.6) is 0 Å². The van der Waals surface area contributed by atoms with E-state index in [2.05, 4.69) is 20.8 Å². The summed E-state index contributed by atoms with van der Waals surface area (Å²) in [6.45, 7) is 2.31. The van der Waals surface area contributed by atoms with Gasteiger partial charge in [0.15, 0.2) is 6.10 Å². The summed E-state index contributed by atoms with van der Waals surface area (Å²) in [4.78, 5) is 30.3. The molecule has 0 aliphatic carbocycles. The molecule has 0 fully saturated rings. The van der Waals surface area contributed by atoms with Crippen molar-refractivity contribution >= 4 is 18.5 Å². The Hall–Kier alpha value is -2.45. The molecule has 0 heterocycles. The van der Waals surface area contributed by atoms with Crippen molar-refractivity contribution in [2.75, 3.05) is 6.61 Å². The van der Waals surface area contributed by atoms with E-state index in [-0.39, 0.29) is 0 Å². The van der Waals surface area contributed by atoms with Crippen LogP contribution in [0.3, 0.4) is 0 Å². The highest BCUT2D eigenvalue weighted by Gasteiger charge is 2.23. The third-order valence-electron chi connectivity index (χ3n) is 1.18. The summed E-state index contributed by atoms with van der Waals surface area (Å²) in [5, 5.41) is 24.6. The Morgan fingerprint density at radius 1 is 1.06 bits per heavy atom. The molecule has 0 rings (SSSR count). The SMILES string of the molecule is C=C(OC(=O)O)C(COC(=O)O)OC(=O)O. The normalized spacial score (nSPS) is 11.0. The minimum Gasteiger partial charge on any atom is -0.450 e. The van der Waals surface area contributed by atoms with E-state index in [1.807, 2.05) is 0 Å². The number of carbonyl (C=O) groups is 3. The van der Waals surface area contributed by atoms with Gasteiger partial charge in [-0.15, -0.1) is 0 Å². The maximum atomic E-state index is 10.2. The molecule has 9 nitrogen and oxygen atoms in total. The predicted molar refractivity (Wildman–Crippen MR) is 45.1 cm³/mol. The van der Waals surface area contributed by atoms with Gasteiger partial charge in [-0.05, 0) is 0 Å². The number of rotatable bonds is 5. The van der Waals surface area contributed by atoms with Gasteiger partial charge >= 0.3 is 18.5 Å². The van der Waals surface area contributed by atoms with Gasteiger partial charge in [0, 0.05) is 0 Å². The van der Waals surface area contributed by atoms with Crippen LogP contribution >= 0.6 is 0 Å². The smallest absolute Gasteiger partial charge is 0.450 e. The van der Waals surface area contributed by atoms with Gasteiger partial charge in [-0.3, -0.25) is 0 Å². The molecule has 0 saturated carbocycles. The number of carboxylic acid groups (broad SMARTS) is 3. The van der Waals surface area contributed by atoms with Gasteiger partial charge in [-0.25, -0.2) is 14.4 Å². The van der Waals surface area contributed by atoms with Crippen LogP contribution in [0.15, 0.2) is 12.3 Å². The highest BCUT2D eigenvalue weighted by molar-refractivity contribution is 5.60. The molecule has 1 unspecified atom stereocenters. The standard InChI is InChI=1S/C7H8O9/c1-3(15-6(10)11)4(16-7(12)13)2-14-5(8)9/h4H,1-2H2,(H,8,9)(H,10,11)(H,12,13). The Kier molecular flexibility index (Phi) is 5.18. The van der Waals surface area contributed by atoms with Crippen LogP contribution in [0.1, 0.15) is 0 Å². The summed E-state index contributed by atoms with van der Waals surface area (Å²) in [5.41, 5.74) is 0. The molecule has 0 aliphatic heterocycles. The Morgan fingerprint density at radius 3 is 2.00 bits per heavy atom. The second-order valence-electron chi connectivity index (χ2n) is 2.28. The molecule has 0 bridgehead atoms. The van der Waals surface area contributed by atoms with Crippen molar-refractivity contribution in [3.8, 4) is 0 Å². The summed E-state index contributed by atoms with van der Waals surface area (Å²) in [5.74, 6) is -0.601. The van der Waals surface area contributed by atoms with E-state index in [0.717, 1.165) is 0 Å². The molecule has 0 aromatic heterocycles. The van der Waals surface area contributed by atoms with E-state index in [1.54, 1.807) is 0 Å². The number of ether oxygens (including phenoxy) is 3. The average Bonchev–Trinajstić information content (AvgIpc) is 2.09. The van der Waals surface area contributed by atoms with E-state index < -0.39 is 36.9 Å². The molecule has 16 heavy (non-hydrogen) atoms. The number of hydrogen-bond acceptors (Lipinski definition) is 6. The largest absolute Gasteiger partial charge is 0.511 e. The molecule has 0 amide bonds. The van der Waals surface area contributed by atoms with E-state index >= 15 is 0 Å². The summed E-state index contributed by atoms with van der Waals surface area (Å²) in [7, 11) is 0. The molecule has 0 spiro atoms. The van der Waals surface area contributed by atoms with Crippen LogP contribution in [-0.4, -0.2) is 46.5 Å². The van der Waals surface area contributed by atoms with Crippen molar-refractivity contribution in [3.63, 3.8) is 0 Å². The molecular formula is C7H8O9. The van der Waals surface area contributed by atoms with Crippen molar-refractivity contribution in [2.45, 2.75) is 6.10 Å². The first kappa shape index (κ1) is 13.5. The van der Waals surface area contributed by atoms with Gasteiger partial charge in [0.2, 0.25) is 0 Å². The lowest BCUT2D eigenvalue weighted by Gasteiger charge is -2.15. The maximum absolute atomic E-state index is 10.2. The first-order valence-electron chi connectivity index (χ1n) is 3.67. The lowest BCUT2D eigenvalue weighted by molar-refractivity contribution is -0.00156. The Bertz CT molecular complexity index is 307. The third kappa shape index (κ3) is 6.07. The molecule has 90 valence electrons. The second kappa shape index (κ2) is 6.11. The van der Waals surface area contributed by atoms with Crippen LogP contribution in [0.4, 0.5) is 14.4 Å². The minimum absolute atomic E-state index is 0.601. The Morgan fingerprint density at radius 2 is 1.62 bits per heavy atom. The van der Waals surface area contributed by atoms with Gasteiger partial charge in [0.1, 0.15) is 12.4 Å². The average molecular weight is 236 g/mol. The molecule has 0 aromatic carbocycles. The topological polar surface area (TPSA) is 140 Å². The molecule has 0 radical (unpaired) electrons. The van der Waals surface area contributed by atoms with Crippen LogP contribution in [-0.2, 0) is 14.2 Å². The number of hydrogen-bond donors (Lipinski definition) is 3. The van der Waals surface area contributed by atoms with Crippen molar-refractivity contribution < 1.29 is 43.9 Å². The summed E-state index contributed by atoms with van der Waals surface area (Å²) in [6, 6.07) is 0. The van der Waals surface area contributed by atoms with Crippen LogP contribution < -0.4 is 0 Å². The van der Waals surface area contributed by atoms with E-state index in [0.29, 0.717) is 0 Å². The molecule has 0 saturated heterocycles. The lowest BCUT2D eigenvalue weighted by atomic mass is 10.3. The fourth-order valence-corrected chi connectivity index (χ4v) is 0.639. The predicted octanol–water partition coefficient (Wildman–Crippen LogP) is 0.952. The molecular weight excluding hydrogens is 228 g/mol. The summed E-state index contributed by atoms with van der Waals surface area (Å²) in [6.07, 6.45) is -6.72. The first-order valence-corrected chi connectivity index (χ1v) is 3.67. The summed E-state index contributed by atoms with van der Waals surface area (Å²) < 4.78 is 12.1. The molecule has 9 heteroatoms. The van der Waals surface area contributed by atoms with Crippen molar-refractivity contribution in [2.24, 2.45) is 0 Å². The second-order valence-corrected chi connectivity index (χ2v) is 2.28. The van der Waals surface area contributed by atoms with Crippen molar-refractivity contribution in [3.05, 3.63) is 12.3 Å². The van der Waals surface area contributed by atoms with E-state index in [9.17, 15) is 14.4 Å². The zero-order valence-corrected chi connectivity index (χ0v) is 7.78. The van der Waals surface area contributed by atoms with Gasteiger partial charge in [0.25, 0.3) is 0 Å². The Balaban J connectivity index is 4.40. The van der Waals surface area contributed by atoms with Gasteiger partial charge in [-0.2, -0.15) is 0 Å². The van der Waals surface area contributed by atoms with E-state index in [4.69, 9.17) is 15.3 Å². The highest BCUT2D eigenvalue weighted by Crippen LogP contribution is 2.08. The van der Waals surface area contributed by atoms with Gasteiger partial charge in [0.05, 0.1) is 0 Å². The highest BCUT2D eigenvalue weighted by atomic mass is 16.7. The minimum atomic E-state index is -1.76. The van der Waals surface area contributed by atoms with Crippen LogP contribution in [0.25, 0.3) is 0 Å². The van der Waals surface area contributed by atoms with Crippen LogP contribution in [0, 0.1) is 0 Å². The zero-order valence-electron chi connectivity index (χ0n) is 7.78. The molecule has 0 aromatic rings. The van der Waals surface area contributed by atoms with Crippen LogP contribution in [0.2, 0.25) is 0 Å². The van der Waals surface area contributed by atoms with E-state index in [1.165, 1.54) is 0 Å². The van der Waals surface area contributed by atoms with Crippen molar-refractivity contribution in [1.82, 2.24) is 0 Å². The molecule has 0 aliphatic rings. The van der Waals surface area contributed by atoms with Crippen molar-refractivity contribution in [1.29, 1.82) is 0 Å². The quantitative estimate of drug-likeness (QED) is 0.361. The third-order valence-corrected chi connectivity index (χ3v) is 1.18. The molecule has 3 N–H and O–H groups in total. The van der Waals surface area contributed by atoms with Gasteiger partial charge in [-0.1, -0.05) is 6.58 Å². The van der Waals surface area contributed by atoms with Gasteiger partial charge < -0.3 is 29.5 Å². The molecule has 1 atom stereocenters. The maximum Gasteiger partial charge on any atom is 0.511 e. The Labute approximate surface area is 88.4 Å². The fourth-order valence-electron chi connectivity index (χ4n) is 0.639. The first-order chi connectivity index (χ1) is 7.32. The lowest BCUT2D eigenvalue weighted by Crippen LogP contribution is -2.27.